The fourth-order valence-corrected chi connectivity index (χ4v) is 2.36. The number of halogens is 4. The zero-order chi connectivity index (χ0) is 14.8. The van der Waals surface area contributed by atoms with Crippen molar-refractivity contribution >= 4 is 42.1 Å². The van der Waals surface area contributed by atoms with E-state index in [-0.39, 0.29) is 30.5 Å². The number of amides is 1. The van der Waals surface area contributed by atoms with Crippen molar-refractivity contribution in [1.82, 2.24) is 10.3 Å². The van der Waals surface area contributed by atoms with Gasteiger partial charge in [0.15, 0.2) is 10.8 Å². The fourth-order valence-electron chi connectivity index (χ4n) is 1.48. The second-order valence-electron chi connectivity index (χ2n) is 4.14. The van der Waals surface area contributed by atoms with E-state index in [0.717, 1.165) is 0 Å². The van der Waals surface area contributed by atoms with Gasteiger partial charge in [-0.25, -0.2) is 13.8 Å². The van der Waals surface area contributed by atoms with E-state index >= 15 is 0 Å². The molecule has 0 radical (unpaired) electrons. The van der Waals surface area contributed by atoms with Gasteiger partial charge in [0.05, 0.1) is 19.4 Å². The summed E-state index contributed by atoms with van der Waals surface area (Å²) < 4.78 is 31.1. The number of aromatic nitrogens is 1. The molecule has 2 rings (SSSR count). The number of hydrogen-bond acceptors (Lipinski definition) is 5. The molecule has 0 unspecified atom stereocenters. The van der Waals surface area contributed by atoms with Crippen molar-refractivity contribution in [3.8, 4) is 10.8 Å². The van der Waals surface area contributed by atoms with Crippen molar-refractivity contribution in [2.45, 2.75) is 12.8 Å². The fraction of sp³-hybridized carbons (Fsp3) is 0.333. The van der Waals surface area contributed by atoms with E-state index in [9.17, 15) is 13.6 Å². The SMILES string of the molecule is Cc1sc(-c2ccco2)nc1C(=O)NCC(F)(F)CN.Cl.Cl. The normalized spacial score (nSPS) is 10.5. The molecule has 2 aromatic heterocycles. The molecule has 0 atom stereocenters. The highest BCUT2D eigenvalue weighted by atomic mass is 35.5. The molecule has 22 heavy (non-hydrogen) atoms. The molecular weight excluding hydrogens is 359 g/mol. The molecule has 2 heterocycles. The maximum absolute atomic E-state index is 13.0. The summed E-state index contributed by atoms with van der Waals surface area (Å²) in [6.45, 7) is 0.0659. The van der Waals surface area contributed by atoms with Crippen molar-refractivity contribution in [3.63, 3.8) is 0 Å². The summed E-state index contributed by atoms with van der Waals surface area (Å²) in [5.74, 6) is -3.24. The van der Waals surface area contributed by atoms with Gasteiger partial charge in [0.1, 0.15) is 5.69 Å². The van der Waals surface area contributed by atoms with Crippen LogP contribution in [-0.4, -0.2) is 29.9 Å². The van der Waals surface area contributed by atoms with Gasteiger partial charge in [-0.05, 0) is 19.1 Å². The smallest absolute Gasteiger partial charge is 0.277 e. The number of furan rings is 1. The molecule has 0 aromatic carbocycles. The van der Waals surface area contributed by atoms with E-state index in [1.54, 1.807) is 19.1 Å². The number of nitrogens with one attached hydrogen (secondary N) is 1. The number of rotatable bonds is 5. The Balaban J connectivity index is 0.00000220. The van der Waals surface area contributed by atoms with E-state index in [2.05, 4.69) is 10.3 Å². The first-order valence-corrected chi connectivity index (χ1v) is 6.62. The largest absolute Gasteiger partial charge is 0.462 e. The first kappa shape index (κ1) is 20.8. The molecule has 0 aliphatic carbocycles. The van der Waals surface area contributed by atoms with Gasteiger partial charge in [-0.1, -0.05) is 0 Å². The lowest BCUT2D eigenvalue weighted by Crippen LogP contribution is -2.41. The molecule has 1 amide bonds. The van der Waals surface area contributed by atoms with Crippen LogP contribution in [0.15, 0.2) is 22.8 Å². The number of nitrogens with two attached hydrogens (primary N) is 1. The molecule has 10 heteroatoms. The monoisotopic (exact) mass is 373 g/mol. The van der Waals surface area contributed by atoms with Crippen LogP contribution in [0.5, 0.6) is 0 Å². The maximum atomic E-state index is 13.0. The van der Waals surface area contributed by atoms with E-state index < -0.39 is 24.9 Å². The molecule has 124 valence electrons. The summed E-state index contributed by atoms with van der Waals surface area (Å²) in [6.07, 6.45) is 1.49. The predicted octanol–water partition coefficient (Wildman–Crippen LogP) is 2.88. The number of aryl methyl sites for hydroxylation is 1. The molecule has 0 aliphatic heterocycles. The topological polar surface area (TPSA) is 81.2 Å². The highest BCUT2D eigenvalue weighted by Gasteiger charge is 2.28. The van der Waals surface area contributed by atoms with Gasteiger partial charge in [0.2, 0.25) is 0 Å². The second kappa shape index (κ2) is 8.42. The van der Waals surface area contributed by atoms with Crippen LogP contribution in [0.25, 0.3) is 10.8 Å². The second-order valence-corrected chi connectivity index (χ2v) is 5.35. The van der Waals surface area contributed by atoms with E-state index in [0.29, 0.717) is 15.6 Å². The number of alkyl halides is 2. The zero-order valence-electron chi connectivity index (χ0n) is 11.5. The number of hydrogen-bond donors (Lipinski definition) is 2. The quantitative estimate of drug-likeness (QED) is 0.843. The number of carbonyl (C=O) groups excluding carboxylic acids is 1. The molecule has 0 aliphatic rings. The molecular formula is C12H15Cl2F2N3O2S. The maximum Gasteiger partial charge on any atom is 0.277 e. The van der Waals surface area contributed by atoms with Crippen molar-refractivity contribution in [1.29, 1.82) is 0 Å². The Bertz CT molecular complexity index is 606. The first-order valence-electron chi connectivity index (χ1n) is 5.80. The van der Waals surface area contributed by atoms with Crippen LogP contribution in [0, 0.1) is 6.92 Å². The lowest BCUT2D eigenvalue weighted by molar-refractivity contribution is 0.0118. The standard InChI is InChI=1S/C12H13F2N3O2S.2ClH/c1-7-9(10(18)16-6-12(13,14)5-15)17-11(20-7)8-3-2-4-19-8;;/h2-4H,5-6,15H2,1H3,(H,16,18);2*1H. The van der Waals surface area contributed by atoms with Gasteiger partial charge in [0, 0.05) is 4.88 Å². The average molecular weight is 374 g/mol. The molecule has 0 saturated heterocycles. The Kier molecular flexibility index (Phi) is 7.96. The Morgan fingerprint density at radius 2 is 2.18 bits per heavy atom. The van der Waals surface area contributed by atoms with Gasteiger partial charge in [-0.15, -0.1) is 36.2 Å². The highest BCUT2D eigenvalue weighted by Crippen LogP contribution is 2.27. The minimum Gasteiger partial charge on any atom is -0.462 e. The summed E-state index contributed by atoms with van der Waals surface area (Å²) in [4.78, 5) is 16.6. The summed E-state index contributed by atoms with van der Waals surface area (Å²) in [7, 11) is 0. The zero-order valence-corrected chi connectivity index (χ0v) is 13.9. The van der Waals surface area contributed by atoms with Crippen LogP contribution < -0.4 is 11.1 Å². The van der Waals surface area contributed by atoms with Crippen molar-refractivity contribution < 1.29 is 18.0 Å². The van der Waals surface area contributed by atoms with Crippen molar-refractivity contribution in [3.05, 3.63) is 29.0 Å². The molecule has 2 aromatic rings. The molecule has 0 bridgehead atoms. The third-order valence-electron chi connectivity index (χ3n) is 2.55. The van der Waals surface area contributed by atoms with Crippen LogP contribution in [-0.2, 0) is 0 Å². The summed E-state index contributed by atoms with van der Waals surface area (Å²) in [5.41, 5.74) is 5.02. The van der Waals surface area contributed by atoms with Crippen LogP contribution in [0.2, 0.25) is 0 Å². The Hall–Kier alpha value is -1.22. The van der Waals surface area contributed by atoms with Crippen LogP contribution in [0.4, 0.5) is 8.78 Å². The lowest BCUT2D eigenvalue weighted by Gasteiger charge is -2.13. The Morgan fingerprint density at radius 3 is 2.73 bits per heavy atom. The predicted molar refractivity (Wildman–Crippen MR) is 85.4 cm³/mol. The molecule has 3 N–H and O–H groups in total. The number of nitrogens with zero attached hydrogens (tertiary/aromatic N) is 1. The van der Waals surface area contributed by atoms with Gasteiger partial charge < -0.3 is 15.5 Å². The lowest BCUT2D eigenvalue weighted by atomic mass is 10.3. The van der Waals surface area contributed by atoms with E-state index in [4.69, 9.17) is 10.2 Å². The summed E-state index contributed by atoms with van der Waals surface area (Å²) >= 11 is 1.26. The van der Waals surface area contributed by atoms with Crippen LogP contribution >= 0.6 is 36.2 Å². The minimum absolute atomic E-state index is 0. The third-order valence-corrected chi connectivity index (χ3v) is 3.54. The highest BCUT2D eigenvalue weighted by molar-refractivity contribution is 7.15. The van der Waals surface area contributed by atoms with Crippen molar-refractivity contribution in [2.24, 2.45) is 5.73 Å². The first-order chi connectivity index (χ1) is 9.43. The molecule has 0 spiro atoms. The molecule has 0 saturated carbocycles. The number of thiazole rings is 1. The minimum atomic E-state index is -3.12. The van der Waals surface area contributed by atoms with Gasteiger partial charge >= 0.3 is 0 Å². The van der Waals surface area contributed by atoms with Crippen LogP contribution in [0.3, 0.4) is 0 Å². The Morgan fingerprint density at radius 1 is 1.50 bits per heavy atom. The van der Waals surface area contributed by atoms with Crippen LogP contribution in [0.1, 0.15) is 15.4 Å². The van der Waals surface area contributed by atoms with E-state index in [1.807, 2.05) is 0 Å². The average Bonchev–Trinajstić information content (AvgIpc) is 3.05. The molecule has 0 fully saturated rings. The van der Waals surface area contributed by atoms with E-state index in [1.165, 1.54) is 17.6 Å². The third kappa shape index (κ3) is 4.91. The Labute approximate surface area is 142 Å². The van der Waals surface area contributed by atoms with Gasteiger partial charge in [0.25, 0.3) is 11.8 Å². The van der Waals surface area contributed by atoms with Gasteiger partial charge in [-0.3, -0.25) is 4.79 Å². The van der Waals surface area contributed by atoms with Gasteiger partial charge in [-0.2, -0.15) is 0 Å². The summed E-state index contributed by atoms with van der Waals surface area (Å²) in [6, 6.07) is 3.41. The number of carbonyl (C=O) groups is 1. The van der Waals surface area contributed by atoms with Crippen molar-refractivity contribution in [2.75, 3.05) is 13.1 Å². The molecule has 5 nitrogen and oxygen atoms in total. The summed E-state index contributed by atoms with van der Waals surface area (Å²) in [5, 5.41) is 2.66.